The molecule has 1 fully saturated rings. The van der Waals surface area contributed by atoms with Crippen molar-refractivity contribution in [2.24, 2.45) is 0 Å². The van der Waals surface area contributed by atoms with E-state index in [4.69, 9.17) is 4.74 Å². The van der Waals surface area contributed by atoms with Crippen molar-refractivity contribution in [2.75, 3.05) is 19.7 Å². The molecule has 1 aliphatic rings. The van der Waals surface area contributed by atoms with Gasteiger partial charge in [-0.2, -0.15) is 4.31 Å². The minimum absolute atomic E-state index is 0.124. The maximum absolute atomic E-state index is 13.3. The maximum atomic E-state index is 13.3. The van der Waals surface area contributed by atoms with Gasteiger partial charge in [0, 0.05) is 13.1 Å². The van der Waals surface area contributed by atoms with E-state index >= 15 is 0 Å². The Labute approximate surface area is 189 Å². The fourth-order valence-electron chi connectivity index (χ4n) is 3.54. The second-order valence-corrected chi connectivity index (χ2v) is 9.74. The van der Waals surface area contributed by atoms with Crippen molar-refractivity contribution in [3.63, 3.8) is 0 Å². The highest BCUT2D eigenvalue weighted by Crippen LogP contribution is 2.25. The normalized spacial score (nSPS) is 17.0. The molecule has 0 bridgehead atoms. The zero-order chi connectivity index (χ0) is 23.3. The molecule has 0 aromatic heterocycles. The van der Waals surface area contributed by atoms with Gasteiger partial charge in [0.25, 0.3) is 0 Å². The monoisotopic (exact) mass is 459 g/mol. The Hall–Kier alpha value is -2.75. The summed E-state index contributed by atoms with van der Waals surface area (Å²) in [5.41, 5.74) is 3.40. The topological polar surface area (TPSA) is 105 Å². The number of rotatable bonds is 6. The Morgan fingerprint density at radius 3 is 2.50 bits per heavy atom. The number of sulfonamides is 1. The number of carbonyl (C=O) groups excluding carboxylic acids is 2. The van der Waals surface area contributed by atoms with Crippen LogP contribution < -0.4 is 10.6 Å². The van der Waals surface area contributed by atoms with Crippen molar-refractivity contribution in [2.45, 2.75) is 44.9 Å². The van der Waals surface area contributed by atoms with Gasteiger partial charge < -0.3 is 15.4 Å². The molecule has 3 rings (SSSR count). The lowest BCUT2D eigenvalue weighted by Crippen LogP contribution is -2.53. The first-order valence-corrected chi connectivity index (χ1v) is 12.0. The van der Waals surface area contributed by atoms with E-state index in [1.54, 1.807) is 19.1 Å². The van der Waals surface area contributed by atoms with Gasteiger partial charge >= 0.3 is 11.8 Å². The quantitative estimate of drug-likeness (QED) is 0.641. The van der Waals surface area contributed by atoms with Crippen LogP contribution in [-0.2, 0) is 30.9 Å². The molecule has 2 amide bonds. The van der Waals surface area contributed by atoms with Crippen LogP contribution >= 0.6 is 0 Å². The predicted molar refractivity (Wildman–Crippen MR) is 120 cm³/mol. The molecule has 0 unspecified atom stereocenters. The van der Waals surface area contributed by atoms with E-state index in [0.29, 0.717) is 18.6 Å². The highest BCUT2D eigenvalue weighted by atomic mass is 32.2. The zero-order valence-corrected chi connectivity index (χ0v) is 19.4. The second kappa shape index (κ2) is 10.2. The first kappa shape index (κ1) is 23.9. The smallest absolute Gasteiger partial charge is 0.309 e. The molecule has 2 aromatic rings. The van der Waals surface area contributed by atoms with Crippen LogP contribution in [-0.4, -0.2) is 50.5 Å². The number of ether oxygens (including phenoxy) is 1. The van der Waals surface area contributed by atoms with Crippen LogP contribution in [0.25, 0.3) is 0 Å². The van der Waals surface area contributed by atoms with Gasteiger partial charge in [0.05, 0.1) is 18.0 Å². The molecule has 1 saturated heterocycles. The summed E-state index contributed by atoms with van der Waals surface area (Å²) < 4.78 is 33.5. The molecule has 1 aliphatic heterocycles. The molecule has 2 aromatic carbocycles. The Kier molecular flexibility index (Phi) is 7.65. The fraction of sp³-hybridized carbons (Fsp3) is 0.391. The molecular weight excluding hydrogens is 430 g/mol. The Morgan fingerprint density at radius 2 is 1.75 bits per heavy atom. The lowest BCUT2D eigenvalue weighted by molar-refractivity contribution is -0.140. The molecular formula is C23H29N3O5S. The zero-order valence-electron chi connectivity index (χ0n) is 18.6. The van der Waals surface area contributed by atoms with Gasteiger partial charge in [0.1, 0.15) is 6.23 Å². The molecule has 2 N–H and O–H groups in total. The van der Waals surface area contributed by atoms with E-state index in [-0.39, 0.29) is 24.5 Å². The summed E-state index contributed by atoms with van der Waals surface area (Å²) >= 11 is 0. The van der Waals surface area contributed by atoms with Crippen LogP contribution in [0.1, 0.15) is 28.7 Å². The number of nitrogens with zero attached hydrogens (tertiary/aromatic N) is 1. The van der Waals surface area contributed by atoms with Gasteiger partial charge in [-0.3, -0.25) is 9.59 Å². The first-order chi connectivity index (χ1) is 15.2. The number of benzene rings is 2. The first-order valence-electron chi connectivity index (χ1n) is 10.5. The minimum Gasteiger partial charge on any atom is -0.360 e. The molecule has 0 spiro atoms. The highest BCUT2D eigenvalue weighted by Gasteiger charge is 2.35. The Balaban J connectivity index is 1.64. The molecule has 9 heteroatoms. The summed E-state index contributed by atoms with van der Waals surface area (Å²) in [5, 5.41) is 5.09. The molecule has 0 radical (unpaired) electrons. The van der Waals surface area contributed by atoms with Crippen LogP contribution in [0.5, 0.6) is 0 Å². The van der Waals surface area contributed by atoms with E-state index in [9.17, 15) is 18.0 Å². The lowest BCUT2D eigenvalue weighted by Gasteiger charge is -2.35. The Morgan fingerprint density at radius 1 is 1.03 bits per heavy atom. The van der Waals surface area contributed by atoms with Crippen LogP contribution in [0.15, 0.2) is 47.4 Å². The molecule has 8 nitrogen and oxygen atoms in total. The number of nitrogens with one attached hydrogen (secondary N) is 2. The third-order valence-electron chi connectivity index (χ3n) is 5.43. The van der Waals surface area contributed by atoms with Gasteiger partial charge in [0.15, 0.2) is 0 Å². The summed E-state index contributed by atoms with van der Waals surface area (Å²) in [5.74, 6) is -1.62. The standard InChI is InChI=1S/C23H29N3O5S/c1-16-9-10-18(3)20(13-16)32(29,30)26-11-6-12-31-21(26)15-25-23(28)22(27)24-14-19-8-5-4-7-17(19)2/h4-5,7-10,13,21H,6,11-12,14-15H2,1-3H3,(H,24,27)(H,25,28)/t21-/m0/s1. The van der Waals surface area contributed by atoms with Crippen molar-refractivity contribution < 1.29 is 22.7 Å². The SMILES string of the molecule is Cc1ccc(C)c(S(=O)(=O)N2CCCO[C@H]2CNC(=O)C(=O)NCc2ccccc2C)c1. The fourth-order valence-corrected chi connectivity index (χ4v) is 5.42. The number of amides is 2. The van der Waals surface area contributed by atoms with E-state index in [2.05, 4.69) is 10.6 Å². The summed E-state index contributed by atoms with van der Waals surface area (Å²) in [6, 6.07) is 12.8. The van der Waals surface area contributed by atoms with Crippen LogP contribution in [0.4, 0.5) is 0 Å². The average Bonchev–Trinajstić information content (AvgIpc) is 2.78. The van der Waals surface area contributed by atoms with Crippen molar-refractivity contribution in [1.82, 2.24) is 14.9 Å². The molecule has 32 heavy (non-hydrogen) atoms. The van der Waals surface area contributed by atoms with Crippen LogP contribution in [0.2, 0.25) is 0 Å². The number of hydrogen-bond acceptors (Lipinski definition) is 5. The van der Waals surface area contributed by atoms with Gasteiger partial charge in [-0.25, -0.2) is 8.42 Å². The third kappa shape index (κ3) is 5.53. The number of hydrogen-bond donors (Lipinski definition) is 2. The van der Waals surface area contributed by atoms with Crippen molar-refractivity contribution in [3.8, 4) is 0 Å². The van der Waals surface area contributed by atoms with E-state index in [1.165, 1.54) is 4.31 Å². The second-order valence-electron chi connectivity index (χ2n) is 7.88. The summed E-state index contributed by atoms with van der Waals surface area (Å²) in [6.07, 6.45) is -0.340. The third-order valence-corrected chi connectivity index (χ3v) is 7.46. The molecule has 1 atom stereocenters. The van der Waals surface area contributed by atoms with Crippen molar-refractivity contribution in [1.29, 1.82) is 0 Å². The molecule has 0 aliphatic carbocycles. The summed E-state index contributed by atoms with van der Waals surface area (Å²) in [6.45, 7) is 6.25. The van der Waals surface area contributed by atoms with E-state index < -0.39 is 28.1 Å². The predicted octanol–water partition coefficient (Wildman–Crippen LogP) is 1.78. The van der Waals surface area contributed by atoms with Crippen LogP contribution in [0, 0.1) is 20.8 Å². The number of carbonyl (C=O) groups is 2. The van der Waals surface area contributed by atoms with Gasteiger partial charge in [-0.05, 0) is 55.5 Å². The lowest BCUT2D eigenvalue weighted by atomic mass is 10.1. The van der Waals surface area contributed by atoms with Gasteiger partial charge in [0.2, 0.25) is 10.0 Å². The summed E-state index contributed by atoms with van der Waals surface area (Å²) in [7, 11) is -3.83. The summed E-state index contributed by atoms with van der Waals surface area (Å²) in [4.78, 5) is 24.7. The van der Waals surface area contributed by atoms with Crippen molar-refractivity contribution >= 4 is 21.8 Å². The maximum Gasteiger partial charge on any atom is 0.309 e. The highest BCUT2D eigenvalue weighted by molar-refractivity contribution is 7.89. The minimum atomic E-state index is -3.83. The van der Waals surface area contributed by atoms with E-state index in [0.717, 1.165) is 16.7 Å². The Bertz CT molecular complexity index is 1100. The van der Waals surface area contributed by atoms with Gasteiger partial charge in [-0.1, -0.05) is 36.4 Å². The van der Waals surface area contributed by atoms with Crippen molar-refractivity contribution in [3.05, 3.63) is 64.7 Å². The van der Waals surface area contributed by atoms with E-state index in [1.807, 2.05) is 44.2 Å². The molecule has 1 heterocycles. The molecule has 0 saturated carbocycles. The molecule has 172 valence electrons. The van der Waals surface area contributed by atoms with Crippen LogP contribution in [0.3, 0.4) is 0 Å². The van der Waals surface area contributed by atoms with Gasteiger partial charge in [-0.15, -0.1) is 0 Å². The largest absolute Gasteiger partial charge is 0.360 e. The number of aryl methyl sites for hydroxylation is 3. The average molecular weight is 460 g/mol.